The molecule has 0 spiro atoms. The highest BCUT2D eigenvalue weighted by atomic mass is 19.3. The highest BCUT2D eigenvalue weighted by molar-refractivity contribution is 6.06. The first-order chi connectivity index (χ1) is 15.0. The fourth-order valence-electron chi connectivity index (χ4n) is 3.33. The molecule has 1 unspecified atom stereocenters. The minimum atomic E-state index is -3.22. The van der Waals surface area contributed by atoms with E-state index >= 15 is 0 Å². The van der Waals surface area contributed by atoms with Crippen LogP contribution in [-0.4, -0.2) is 37.7 Å². The predicted molar refractivity (Wildman–Crippen MR) is 112 cm³/mol. The molecular formula is C22H23F3N4O2. The second-order valence-electron chi connectivity index (χ2n) is 7.50. The minimum Gasteiger partial charge on any atom is -0.454 e. The fraction of sp³-hybridized carbons (Fsp3) is 0.364. The Labute approximate surface area is 177 Å². The van der Waals surface area contributed by atoms with Gasteiger partial charge in [-0.05, 0) is 61.1 Å². The van der Waals surface area contributed by atoms with E-state index < -0.39 is 12.8 Å². The maximum absolute atomic E-state index is 13.2. The number of ether oxygens (including phenoxy) is 1. The van der Waals surface area contributed by atoms with E-state index in [4.69, 9.17) is 0 Å². The van der Waals surface area contributed by atoms with Crippen molar-refractivity contribution in [3.05, 3.63) is 53.6 Å². The van der Waals surface area contributed by atoms with Crippen LogP contribution in [0, 0.1) is 0 Å². The molecule has 1 atom stereocenters. The Morgan fingerprint density at radius 3 is 2.71 bits per heavy atom. The van der Waals surface area contributed by atoms with E-state index in [1.807, 2.05) is 12.1 Å². The van der Waals surface area contributed by atoms with Gasteiger partial charge >= 0.3 is 6.43 Å². The maximum atomic E-state index is 13.2. The summed E-state index contributed by atoms with van der Waals surface area (Å²) in [6, 6.07) is 11.6. The van der Waals surface area contributed by atoms with Gasteiger partial charge in [0.05, 0.1) is 0 Å². The molecule has 1 amide bonds. The van der Waals surface area contributed by atoms with Gasteiger partial charge in [0.2, 0.25) is 0 Å². The number of guanidine groups is 1. The largest absolute Gasteiger partial charge is 0.454 e. The van der Waals surface area contributed by atoms with Crippen LogP contribution in [0.5, 0.6) is 5.75 Å². The molecule has 6 nitrogen and oxygen atoms in total. The van der Waals surface area contributed by atoms with E-state index in [0.717, 1.165) is 37.1 Å². The number of anilines is 2. The molecule has 0 bridgehead atoms. The number of carbonyl (C=O) groups excluding carboxylic acids is 1. The summed E-state index contributed by atoms with van der Waals surface area (Å²) in [6.07, 6.45) is -2.92. The number of aliphatic imine (C=N–C) groups is 1. The molecule has 9 heteroatoms. The summed E-state index contributed by atoms with van der Waals surface area (Å²) in [4.78, 5) is 16.9. The predicted octanol–water partition coefficient (Wildman–Crippen LogP) is 4.33. The molecule has 0 aromatic heterocycles. The lowest BCUT2D eigenvalue weighted by Crippen LogP contribution is -2.43. The molecule has 1 saturated carbocycles. The Morgan fingerprint density at radius 1 is 1.16 bits per heavy atom. The van der Waals surface area contributed by atoms with E-state index in [0.29, 0.717) is 29.7 Å². The lowest BCUT2D eigenvalue weighted by molar-refractivity contribution is -0.0668. The maximum Gasteiger partial charge on any atom is 0.304 e. The number of nitrogens with zero attached hydrogens (tertiary/aromatic N) is 1. The molecule has 2 aromatic carbocycles. The number of halogens is 3. The highest BCUT2D eigenvalue weighted by Gasteiger charge is 2.27. The highest BCUT2D eigenvalue weighted by Crippen LogP contribution is 2.44. The standard InChI is InChI=1S/C22H23F3N4O2/c23-19(24)20(25)31-16-4-1-3-15(12-16)28-18-8-7-14(11-17(18)13-5-6-13)21(30)29-22-26-9-2-10-27-22/h1,3-4,7-8,11-13,19-20,28H,2,5-6,9-10H2,(H2,26,27,29,30). The van der Waals surface area contributed by atoms with Gasteiger partial charge in [-0.1, -0.05) is 6.07 Å². The van der Waals surface area contributed by atoms with Gasteiger partial charge in [-0.2, -0.15) is 4.39 Å². The van der Waals surface area contributed by atoms with Crippen molar-refractivity contribution < 1.29 is 22.7 Å². The lowest BCUT2D eigenvalue weighted by atomic mass is 10.0. The number of benzene rings is 2. The summed E-state index contributed by atoms with van der Waals surface area (Å²) in [6.45, 7) is 1.46. The first kappa shape index (κ1) is 21.0. The van der Waals surface area contributed by atoms with Crippen LogP contribution < -0.4 is 20.7 Å². The Morgan fingerprint density at radius 2 is 2.00 bits per heavy atom. The van der Waals surface area contributed by atoms with E-state index in [9.17, 15) is 18.0 Å². The van der Waals surface area contributed by atoms with Crippen molar-refractivity contribution in [1.82, 2.24) is 10.6 Å². The average Bonchev–Trinajstić information content (AvgIpc) is 3.60. The molecule has 31 heavy (non-hydrogen) atoms. The quantitative estimate of drug-likeness (QED) is 0.609. The van der Waals surface area contributed by atoms with Crippen molar-refractivity contribution >= 4 is 23.2 Å². The Balaban J connectivity index is 1.50. The lowest BCUT2D eigenvalue weighted by Gasteiger charge is -2.17. The second-order valence-corrected chi connectivity index (χ2v) is 7.50. The molecule has 4 rings (SSSR count). The number of hydrogen-bond acceptors (Lipinski definition) is 5. The molecule has 2 aromatic rings. The van der Waals surface area contributed by atoms with Crippen LogP contribution in [0.3, 0.4) is 0 Å². The van der Waals surface area contributed by atoms with Gasteiger partial charge in [-0.3, -0.25) is 15.1 Å². The van der Waals surface area contributed by atoms with Crippen molar-refractivity contribution in [2.24, 2.45) is 4.99 Å². The van der Waals surface area contributed by atoms with Crippen molar-refractivity contribution in [2.45, 2.75) is 38.0 Å². The topological polar surface area (TPSA) is 74.8 Å². The zero-order valence-corrected chi connectivity index (χ0v) is 16.7. The number of nitrogens with one attached hydrogen (secondary N) is 3. The van der Waals surface area contributed by atoms with Gasteiger partial charge in [0.15, 0.2) is 5.96 Å². The Hall–Kier alpha value is -3.23. The van der Waals surface area contributed by atoms with Crippen LogP contribution in [0.2, 0.25) is 0 Å². The first-order valence-electron chi connectivity index (χ1n) is 10.2. The minimum absolute atomic E-state index is 0.00234. The van der Waals surface area contributed by atoms with E-state index in [2.05, 4.69) is 25.7 Å². The van der Waals surface area contributed by atoms with Crippen LogP contribution in [0.25, 0.3) is 0 Å². The van der Waals surface area contributed by atoms with Crippen molar-refractivity contribution in [2.75, 3.05) is 18.4 Å². The van der Waals surface area contributed by atoms with Gasteiger partial charge in [0.25, 0.3) is 12.3 Å². The van der Waals surface area contributed by atoms with Gasteiger partial charge in [0, 0.05) is 36.1 Å². The number of amides is 1. The van der Waals surface area contributed by atoms with Crippen LogP contribution in [0.4, 0.5) is 24.5 Å². The number of alkyl halides is 3. The summed E-state index contributed by atoms with van der Waals surface area (Å²) in [5.41, 5.74) is 2.89. The fourth-order valence-corrected chi connectivity index (χ4v) is 3.33. The molecule has 2 aliphatic rings. The van der Waals surface area contributed by atoms with Gasteiger partial charge in [-0.15, -0.1) is 0 Å². The third-order valence-corrected chi connectivity index (χ3v) is 5.02. The van der Waals surface area contributed by atoms with Crippen LogP contribution in [0.15, 0.2) is 47.5 Å². The van der Waals surface area contributed by atoms with E-state index in [1.54, 1.807) is 18.2 Å². The Bertz CT molecular complexity index is 979. The third-order valence-electron chi connectivity index (χ3n) is 5.02. The summed E-state index contributed by atoms with van der Waals surface area (Å²) in [5.74, 6) is 0.590. The summed E-state index contributed by atoms with van der Waals surface area (Å²) >= 11 is 0. The van der Waals surface area contributed by atoms with Crippen molar-refractivity contribution in [1.29, 1.82) is 0 Å². The number of rotatable bonds is 7. The van der Waals surface area contributed by atoms with E-state index in [1.165, 1.54) is 12.1 Å². The monoisotopic (exact) mass is 432 g/mol. The summed E-state index contributed by atoms with van der Waals surface area (Å²) in [7, 11) is 0. The number of carbonyl (C=O) groups is 1. The summed E-state index contributed by atoms with van der Waals surface area (Å²) in [5, 5.41) is 9.08. The first-order valence-corrected chi connectivity index (χ1v) is 10.2. The van der Waals surface area contributed by atoms with Crippen molar-refractivity contribution in [3.8, 4) is 5.75 Å². The van der Waals surface area contributed by atoms with Crippen LogP contribution in [0.1, 0.15) is 41.1 Å². The second kappa shape index (κ2) is 9.28. The number of hydrogen-bond donors (Lipinski definition) is 3. The Kier molecular flexibility index (Phi) is 6.29. The zero-order chi connectivity index (χ0) is 21.8. The van der Waals surface area contributed by atoms with Gasteiger partial charge in [-0.25, -0.2) is 8.78 Å². The third kappa shape index (κ3) is 5.48. The normalized spacial score (nSPS) is 16.8. The van der Waals surface area contributed by atoms with Gasteiger partial charge in [0.1, 0.15) is 5.75 Å². The molecule has 1 heterocycles. The molecule has 1 aliphatic carbocycles. The zero-order valence-electron chi connectivity index (χ0n) is 16.7. The average molecular weight is 432 g/mol. The molecular weight excluding hydrogens is 409 g/mol. The smallest absolute Gasteiger partial charge is 0.304 e. The molecule has 1 aliphatic heterocycles. The SMILES string of the molecule is O=C(NC1=NCCCN1)c1ccc(Nc2cccc(OC(F)C(F)F)c2)c(C2CC2)c1. The molecule has 0 saturated heterocycles. The molecule has 1 fully saturated rings. The molecule has 0 radical (unpaired) electrons. The van der Waals surface area contributed by atoms with Crippen molar-refractivity contribution in [3.63, 3.8) is 0 Å². The van der Waals surface area contributed by atoms with E-state index in [-0.39, 0.29) is 11.7 Å². The summed E-state index contributed by atoms with van der Waals surface area (Å²) < 4.78 is 42.6. The van der Waals surface area contributed by atoms with Crippen LogP contribution >= 0.6 is 0 Å². The van der Waals surface area contributed by atoms with Crippen LogP contribution in [-0.2, 0) is 0 Å². The molecule has 164 valence electrons. The molecule has 3 N–H and O–H groups in total. The van der Waals surface area contributed by atoms with Gasteiger partial charge < -0.3 is 15.4 Å².